The summed E-state index contributed by atoms with van der Waals surface area (Å²) in [6.07, 6.45) is 0.00411. The van der Waals surface area contributed by atoms with Gasteiger partial charge in [0, 0.05) is 11.8 Å². The van der Waals surface area contributed by atoms with E-state index in [2.05, 4.69) is 25.9 Å². The van der Waals surface area contributed by atoms with Crippen LogP contribution in [0.25, 0.3) is 10.2 Å². The summed E-state index contributed by atoms with van der Waals surface area (Å²) in [5.74, 6) is 0.749. The summed E-state index contributed by atoms with van der Waals surface area (Å²) in [4.78, 5) is 32.4. The number of guanidine groups is 1. The fourth-order valence-electron chi connectivity index (χ4n) is 3.04. The molecule has 9 nitrogen and oxygen atoms in total. The standard InChI is InChI=1S/C20H19N5O4S/c1-28-14-8-7-11(9-15(14)29-2)21-18(27)13-10-17(26)24-19(22-13)25-20-23-12-5-3-4-6-16(12)30-20/h3-9,13H,10H2,1-2H3,(H,21,27)(H2,22,23,24,25,26)/p+1/t13-/m1/s1. The lowest BCUT2D eigenvalue weighted by Gasteiger charge is -2.17. The number of amides is 2. The Balaban J connectivity index is 1.50. The second-order valence-corrected chi connectivity index (χ2v) is 7.53. The highest BCUT2D eigenvalue weighted by atomic mass is 32.1. The number of para-hydroxylation sites is 1. The monoisotopic (exact) mass is 426 g/mol. The van der Waals surface area contributed by atoms with Crippen LogP contribution >= 0.6 is 11.3 Å². The highest BCUT2D eigenvalue weighted by Crippen LogP contribution is 2.29. The zero-order valence-electron chi connectivity index (χ0n) is 16.3. The van der Waals surface area contributed by atoms with Gasteiger partial charge in [0.2, 0.25) is 0 Å². The fourth-order valence-corrected chi connectivity index (χ4v) is 3.91. The molecule has 1 aliphatic rings. The minimum atomic E-state index is -0.747. The van der Waals surface area contributed by atoms with Gasteiger partial charge in [0.1, 0.15) is 0 Å². The zero-order chi connectivity index (χ0) is 21.1. The lowest BCUT2D eigenvalue weighted by atomic mass is 10.1. The number of benzene rings is 2. The van der Waals surface area contributed by atoms with Crippen LogP contribution in [0.15, 0.2) is 42.5 Å². The van der Waals surface area contributed by atoms with Gasteiger partial charge < -0.3 is 14.8 Å². The van der Waals surface area contributed by atoms with E-state index >= 15 is 0 Å². The number of nitrogens with zero attached hydrogens (tertiary/aromatic N) is 1. The van der Waals surface area contributed by atoms with Crippen molar-refractivity contribution in [2.45, 2.75) is 12.5 Å². The molecule has 4 rings (SSSR count). The molecule has 0 spiro atoms. The van der Waals surface area contributed by atoms with Gasteiger partial charge in [-0.05, 0) is 24.3 Å². The molecule has 3 aromatic rings. The van der Waals surface area contributed by atoms with Crippen LogP contribution < -0.4 is 30.4 Å². The molecular formula is C20H20N5O4S+. The number of thiazole rings is 1. The van der Waals surface area contributed by atoms with Crippen molar-refractivity contribution in [3.05, 3.63) is 42.5 Å². The van der Waals surface area contributed by atoms with E-state index in [9.17, 15) is 9.59 Å². The van der Waals surface area contributed by atoms with Crippen molar-refractivity contribution in [1.82, 2.24) is 10.3 Å². The molecule has 0 saturated heterocycles. The summed E-state index contributed by atoms with van der Waals surface area (Å²) in [6.45, 7) is 0. The summed E-state index contributed by atoms with van der Waals surface area (Å²) in [5, 5.41) is 9.15. The third kappa shape index (κ3) is 4.18. The van der Waals surface area contributed by atoms with Crippen LogP contribution in [0.1, 0.15) is 6.42 Å². The van der Waals surface area contributed by atoms with Crippen molar-refractivity contribution in [3.8, 4) is 11.5 Å². The van der Waals surface area contributed by atoms with Gasteiger partial charge in [-0.2, -0.15) is 0 Å². The molecule has 154 valence electrons. The molecule has 2 aromatic carbocycles. The number of anilines is 2. The van der Waals surface area contributed by atoms with Crippen LogP contribution in [0.4, 0.5) is 10.8 Å². The number of carbonyl (C=O) groups excluding carboxylic acids is 2. The Bertz CT molecular complexity index is 1110. The predicted molar refractivity (Wildman–Crippen MR) is 114 cm³/mol. The van der Waals surface area contributed by atoms with Gasteiger partial charge >= 0.3 is 5.96 Å². The van der Waals surface area contributed by atoms with Gasteiger partial charge in [-0.1, -0.05) is 23.5 Å². The Morgan fingerprint density at radius 3 is 2.77 bits per heavy atom. The number of hydrogen-bond acceptors (Lipinski definition) is 7. The number of fused-ring (bicyclic) bond motifs is 1. The maximum Gasteiger partial charge on any atom is 0.358 e. The van der Waals surface area contributed by atoms with Crippen LogP contribution in [0.2, 0.25) is 0 Å². The molecule has 1 aromatic heterocycles. The number of rotatable bonds is 5. The summed E-state index contributed by atoms with van der Waals surface area (Å²) >= 11 is 1.45. The van der Waals surface area contributed by atoms with Crippen molar-refractivity contribution in [3.63, 3.8) is 0 Å². The molecule has 1 atom stereocenters. The number of hydrogen-bond donors (Lipinski definition) is 4. The second kappa shape index (κ2) is 8.37. The van der Waals surface area contributed by atoms with Crippen molar-refractivity contribution >= 4 is 50.1 Å². The van der Waals surface area contributed by atoms with Crippen LogP contribution in [-0.4, -0.2) is 43.0 Å². The van der Waals surface area contributed by atoms with E-state index in [1.165, 1.54) is 25.6 Å². The number of ether oxygens (including phenoxy) is 2. The topological polar surface area (TPSA) is 116 Å². The molecule has 0 aliphatic carbocycles. The van der Waals surface area contributed by atoms with Gasteiger partial charge in [0.05, 0.1) is 30.9 Å². The summed E-state index contributed by atoms with van der Waals surface area (Å²) in [7, 11) is 3.06. The predicted octanol–water partition coefficient (Wildman–Crippen LogP) is 0.689. The molecule has 0 unspecified atom stereocenters. The number of aromatic nitrogens is 1. The van der Waals surface area contributed by atoms with Crippen molar-refractivity contribution in [1.29, 1.82) is 0 Å². The molecule has 2 amide bonds. The largest absolute Gasteiger partial charge is 0.493 e. The Labute approximate surface area is 176 Å². The second-order valence-electron chi connectivity index (χ2n) is 6.49. The highest BCUT2D eigenvalue weighted by Gasteiger charge is 2.31. The summed E-state index contributed by atoms with van der Waals surface area (Å²) in [5.41, 5.74) is 1.39. The molecule has 4 N–H and O–H groups in total. The smallest absolute Gasteiger partial charge is 0.358 e. The van der Waals surface area contributed by atoms with Crippen molar-refractivity contribution in [2.24, 2.45) is 0 Å². The molecule has 1 aliphatic heterocycles. The maximum atomic E-state index is 12.7. The van der Waals surface area contributed by atoms with Gasteiger partial charge in [-0.3, -0.25) is 14.6 Å². The molecular weight excluding hydrogens is 406 g/mol. The molecule has 0 bridgehead atoms. The minimum Gasteiger partial charge on any atom is -0.493 e. The van der Waals surface area contributed by atoms with Crippen LogP contribution in [0, 0.1) is 0 Å². The molecule has 2 heterocycles. The maximum absolute atomic E-state index is 12.7. The van der Waals surface area contributed by atoms with Crippen molar-refractivity contribution < 1.29 is 24.1 Å². The van der Waals surface area contributed by atoms with E-state index < -0.39 is 6.04 Å². The van der Waals surface area contributed by atoms with E-state index in [0.29, 0.717) is 28.3 Å². The number of methoxy groups -OCH3 is 2. The lowest BCUT2D eigenvalue weighted by molar-refractivity contribution is -0.490. The van der Waals surface area contributed by atoms with Crippen molar-refractivity contribution in [2.75, 3.05) is 24.9 Å². The first-order valence-electron chi connectivity index (χ1n) is 9.14. The van der Waals surface area contributed by atoms with E-state index in [4.69, 9.17) is 9.47 Å². The van der Waals surface area contributed by atoms with Gasteiger partial charge in [-0.25, -0.2) is 15.6 Å². The first kappa shape index (κ1) is 19.6. The van der Waals surface area contributed by atoms with E-state index in [0.717, 1.165) is 10.2 Å². The number of carbonyl (C=O) groups is 2. The van der Waals surface area contributed by atoms with E-state index in [1.54, 1.807) is 18.2 Å². The van der Waals surface area contributed by atoms with Crippen LogP contribution in [-0.2, 0) is 9.59 Å². The third-order valence-corrected chi connectivity index (χ3v) is 5.42. The van der Waals surface area contributed by atoms with Gasteiger partial charge in [0.15, 0.2) is 17.5 Å². The average molecular weight is 426 g/mol. The molecule has 10 heteroatoms. The third-order valence-electron chi connectivity index (χ3n) is 4.47. The lowest BCUT2D eigenvalue weighted by Crippen LogP contribution is -2.89. The fraction of sp³-hybridized carbons (Fsp3) is 0.200. The summed E-state index contributed by atoms with van der Waals surface area (Å²) in [6, 6.07) is 12.0. The quantitative estimate of drug-likeness (QED) is 0.477. The zero-order valence-corrected chi connectivity index (χ0v) is 17.1. The average Bonchev–Trinajstić information content (AvgIpc) is 3.15. The first-order chi connectivity index (χ1) is 14.6. The van der Waals surface area contributed by atoms with Gasteiger partial charge in [0.25, 0.3) is 16.9 Å². The van der Waals surface area contributed by atoms with Gasteiger partial charge in [-0.15, -0.1) is 0 Å². The van der Waals surface area contributed by atoms with E-state index in [-0.39, 0.29) is 18.2 Å². The Kier molecular flexibility index (Phi) is 5.48. The summed E-state index contributed by atoms with van der Waals surface area (Å²) < 4.78 is 11.5. The molecule has 30 heavy (non-hydrogen) atoms. The normalized spacial score (nSPS) is 15.9. The SMILES string of the molecule is COc1ccc(NC(=O)[C@H]2CC(=O)NC(Nc3nc4ccccc4s3)=[NH+]2)cc1OC. The van der Waals surface area contributed by atoms with E-state index in [1.807, 2.05) is 24.3 Å². The minimum absolute atomic E-state index is 0.00411. The highest BCUT2D eigenvalue weighted by molar-refractivity contribution is 7.22. The first-order valence-corrected chi connectivity index (χ1v) is 9.96. The Hall–Kier alpha value is -3.66. The Morgan fingerprint density at radius 2 is 2.00 bits per heavy atom. The molecule has 0 radical (unpaired) electrons. The number of nitrogens with one attached hydrogen (secondary N) is 4. The molecule has 0 fully saturated rings. The Morgan fingerprint density at radius 1 is 1.20 bits per heavy atom. The van der Waals surface area contributed by atoms with Crippen LogP contribution in [0.3, 0.4) is 0 Å². The van der Waals surface area contributed by atoms with Crippen LogP contribution in [0.5, 0.6) is 11.5 Å². The molecule has 0 saturated carbocycles.